The van der Waals surface area contributed by atoms with Crippen molar-refractivity contribution in [3.05, 3.63) is 48.6 Å². The van der Waals surface area contributed by atoms with Crippen molar-refractivity contribution in [3.63, 3.8) is 0 Å². The number of hydrogen-bond donors (Lipinski definition) is 3. The highest BCUT2D eigenvalue weighted by Crippen LogP contribution is 2.14. The Kier molecular flexibility index (Phi) is 34.4. The second kappa shape index (κ2) is 36.1. The predicted molar refractivity (Wildman–Crippen MR) is 199 cm³/mol. The van der Waals surface area contributed by atoms with E-state index in [4.69, 9.17) is 9.47 Å². The average Bonchev–Trinajstić information content (AvgIpc) is 3.07. The van der Waals surface area contributed by atoms with Crippen molar-refractivity contribution in [2.75, 3.05) is 13.2 Å². The topological polar surface area (TPSA) is 113 Å². The summed E-state index contributed by atoms with van der Waals surface area (Å²) in [7, 11) is 0. The third-order valence-electron chi connectivity index (χ3n) is 8.33. The molecule has 278 valence electrons. The van der Waals surface area contributed by atoms with Crippen molar-refractivity contribution in [2.45, 2.75) is 186 Å². The molecule has 0 amide bonds. The number of unbranched alkanes of at least 4 members (excludes halogenated alkanes) is 16. The Morgan fingerprint density at radius 3 is 1.50 bits per heavy atom. The Bertz CT molecular complexity index is 848. The van der Waals surface area contributed by atoms with Gasteiger partial charge in [-0.05, 0) is 32.1 Å². The molecule has 0 aliphatic rings. The molecule has 0 aromatic rings. The van der Waals surface area contributed by atoms with Crippen molar-refractivity contribution in [2.24, 2.45) is 0 Å². The lowest BCUT2D eigenvalue weighted by atomic mass is 10.0. The first kappa shape index (κ1) is 45.8. The van der Waals surface area contributed by atoms with Crippen LogP contribution in [0.2, 0.25) is 0 Å². The van der Waals surface area contributed by atoms with Crippen LogP contribution in [0.1, 0.15) is 168 Å². The molecule has 7 heteroatoms. The van der Waals surface area contributed by atoms with Gasteiger partial charge in [0.05, 0.1) is 18.8 Å². The van der Waals surface area contributed by atoms with E-state index in [2.05, 4.69) is 13.8 Å². The van der Waals surface area contributed by atoms with Gasteiger partial charge in [0.25, 0.3) is 0 Å². The van der Waals surface area contributed by atoms with E-state index in [0.717, 1.165) is 51.4 Å². The van der Waals surface area contributed by atoms with E-state index < -0.39 is 24.8 Å². The highest BCUT2D eigenvalue weighted by molar-refractivity contribution is 5.70. The van der Waals surface area contributed by atoms with Crippen LogP contribution in [0, 0.1) is 0 Å². The zero-order chi connectivity index (χ0) is 35.3. The first-order chi connectivity index (χ1) is 23.4. The second-order valence-corrected chi connectivity index (χ2v) is 13.1. The third-order valence-corrected chi connectivity index (χ3v) is 8.33. The van der Waals surface area contributed by atoms with E-state index in [1.165, 1.54) is 77.0 Å². The number of aliphatic hydroxyl groups is 3. The quantitative estimate of drug-likeness (QED) is 0.0353. The summed E-state index contributed by atoms with van der Waals surface area (Å²) in [6.45, 7) is 3.84. The molecule has 0 spiro atoms. The fourth-order valence-electron chi connectivity index (χ4n) is 5.30. The van der Waals surface area contributed by atoms with Crippen LogP contribution in [0.4, 0.5) is 0 Å². The summed E-state index contributed by atoms with van der Waals surface area (Å²) in [6, 6.07) is 0. The molecule has 3 N–H and O–H groups in total. The van der Waals surface area contributed by atoms with E-state index in [1.54, 1.807) is 12.2 Å². The van der Waals surface area contributed by atoms with E-state index >= 15 is 0 Å². The van der Waals surface area contributed by atoms with Crippen LogP contribution >= 0.6 is 0 Å². The molecule has 0 aromatic carbocycles. The Hall–Kier alpha value is -2.22. The average molecular weight is 677 g/mol. The number of esters is 2. The summed E-state index contributed by atoms with van der Waals surface area (Å²) in [6.07, 6.45) is 38.1. The van der Waals surface area contributed by atoms with E-state index in [0.29, 0.717) is 19.3 Å². The van der Waals surface area contributed by atoms with Gasteiger partial charge >= 0.3 is 11.9 Å². The summed E-state index contributed by atoms with van der Waals surface area (Å²) >= 11 is 0. The maximum atomic E-state index is 12.2. The van der Waals surface area contributed by atoms with E-state index in [-0.39, 0.29) is 25.1 Å². The van der Waals surface area contributed by atoms with E-state index in [1.807, 2.05) is 36.5 Å². The summed E-state index contributed by atoms with van der Waals surface area (Å²) in [4.78, 5) is 24.2. The van der Waals surface area contributed by atoms with Crippen molar-refractivity contribution in [1.29, 1.82) is 0 Å². The number of carbonyl (C=O) groups is 2. The summed E-state index contributed by atoms with van der Waals surface area (Å²) in [5.41, 5.74) is 0. The Labute approximate surface area is 294 Å². The molecule has 0 saturated heterocycles. The van der Waals surface area contributed by atoms with Crippen LogP contribution in [0.3, 0.4) is 0 Å². The minimum atomic E-state index is -0.877. The molecule has 0 heterocycles. The fraction of sp³-hybridized carbons (Fsp3) is 0.756. The molecule has 0 fully saturated rings. The van der Waals surface area contributed by atoms with Gasteiger partial charge < -0.3 is 24.8 Å². The highest BCUT2D eigenvalue weighted by atomic mass is 16.6. The van der Waals surface area contributed by atoms with Gasteiger partial charge in [-0.15, -0.1) is 0 Å². The maximum Gasteiger partial charge on any atom is 0.306 e. The fourth-order valence-corrected chi connectivity index (χ4v) is 5.30. The summed E-state index contributed by atoms with van der Waals surface area (Å²) in [5, 5.41) is 29.5. The second-order valence-electron chi connectivity index (χ2n) is 13.1. The number of ether oxygens (including phenoxy) is 2. The molecule has 0 radical (unpaired) electrons. The monoisotopic (exact) mass is 677 g/mol. The molecule has 0 saturated carbocycles. The molecule has 0 aromatic heterocycles. The van der Waals surface area contributed by atoms with Gasteiger partial charge in [-0.2, -0.15) is 0 Å². The van der Waals surface area contributed by atoms with Crippen molar-refractivity contribution >= 4 is 11.9 Å². The Balaban J connectivity index is 3.81. The lowest BCUT2D eigenvalue weighted by Gasteiger charge is -2.16. The van der Waals surface area contributed by atoms with Crippen molar-refractivity contribution in [3.8, 4) is 0 Å². The molecular formula is C41H72O7. The molecule has 0 unspecified atom stereocenters. The van der Waals surface area contributed by atoms with Gasteiger partial charge in [0, 0.05) is 12.8 Å². The molecular weight excluding hydrogens is 604 g/mol. The normalized spacial score (nSPS) is 14.0. The molecule has 0 rings (SSSR count). The number of rotatable bonds is 34. The number of allylic oxidation sites excluding steroid dienone is 6. The van der Waals surface area contributed by atoms with Gasteiger partial charge in [-0.1, -0.05) is 172 Å². The van der Waals surface area contributed by atoms with Crippen LogP contribution in [0.5, 0.6) is 0 Å². The summed E-state index contributed by atoms with van der Waals surface area (Å²) in [5.74, 6) is -0.818. The standard InChI is InChI=1S/C41H72O7/c1-3-5-7-8-9-10-11-12-13-14-15-16-20-23-27-33-40(45)47-36-39(35-42)48-41(46)34-28-32-38(44)31-26-22-19-17-18-21-25-30-37(43)29-24-6-4-2/h18-19,21-22,25-26,30-31,37-39,42-44H,3-17,20,23-24,27-29,32-36H2,1-2H3/b21-18-,22-19-,30-25+,31-26+/t37-,38-,39+/m1/s1. The van der Waals surface area contributed by atoms with Gasteiger partial charge in [-0.3, -0.25) is 9.59 Å². The van der Waals surface area contributed by atoms with Gasteiger partial charge in [-0.25, -0.2) is 0 Å². The van der Waals surface area contributed by atoms with Crippen LogP contribution < -0.4 is 0 Å². The molecule has 0 aliphatic heterocycles. The summed E-state index contributed by atoms with van der Waals surface area (Å²) < 4.78 is 10.5. The molecule has 0 aliphatic carbocycles. The first-order valence-electron chi connectivity index (χ1n) is 19.4. The van der Waals surface area contributed by atoms with Crippen LogP contribution in [-0.4, -0.2) is 58.8 Å². The molecule has 3 atom stereocenters. The van der Waals surface area contributed by atoms with E-state index in [9.17, 15) is 24.9 Å². The third kappa shape index (κ3) is 33.7. The minimum absolute atomic E-state index is 0.107. The predicted octanol–water partition coefficient (Wildman–Crippen LogP) is 9.78. The van der Waals surface area contributed by atoms with Crippen LogP contribution in [0.15, 0.2) is 48.6 Å². The van der Waals surface area contributed by atoms with Crippen LogP contribution in [0.25, 0.3) is 0 Å². The van der Waals surface area contributed by atoms with Crippen LogP contribution in [-0.2, 0) is 19.1 Å². The first-order valence-corrected chi connectivity index (χ1v) is 19.4. The van der Waals surface area contributed by atoms with Crippen molar-refractivity contribution < 1.29 is 34.4 Å². The minimum Gasteiger partial charge on any atom is -0.462 e. The smallest absolute Gasteiger partial charge is 0.306 e. The lowest BCUT2D eigenvalue weighted by molar-refractivity contribution is -0.161. The highest BCUT2D eigenvalue weighted by Gasteiger charge is 2.16. The maximum absolute atomic E-state index is 12.2. The number of hydrogen-bond acceptors (Lipinski definition) is 7. The van der Waals surface area contributed by atoms with Crippen molar-refractivity contribution in [1.82, 2.24) is 0 Å². The van der Waals surface area contributed by atoms with Gasteiger partial charge in [0.2, 0.25) is 0 Å². The Morgan fingerprint density at radius 1 is 0.562 bits per heavy atom. The zero-order valence-electron chi connectivity index (χ0n) is 30.7. The molecule has 7 nitrogen and oxygen atoms in total. The SMILES string of the molecule is CCCCCCCCCCCCCCCCCC(=O)OC[C@H](CO)OC(=O)CCC[C@H](O)/C=C/C=C\C/C=C\C=C\[C@H](O)CCCCC. The lowest BCUT2D eigenvalue weighted by Crippen LogP contribution is -2.28. The zero-order valence-corrected chi connectivity index (χ0v) is 30.7. The van der Waals surface area contributed by atoms with Gasteiger partial charge in [0.15, 0.2) is 6.10 Å². The largest absolute Gasteiger partial charge is 0.462 e. The molecule has 0 bridgehead atoms. The van der Waals surface area contributed by atoms with Gasteiger partial charge in [0.1, 0.15) is 6.61 Å². The molecule has 48 heavy (non-hydrogen) atoms. The Morgan fingerprint density at radius 2 is 1.00 bits per heavy atom. The number of aliphatic hydroxyl groups excluding tert-OH is 3. The number of carbonyl (C=O) groups excluding carboxylic acids is 2.